The Hall–Kier alpha value is -1.87. The van der Waals surface area contributed by atoms with Crippen molar-refractivity contribution < 1.29 is 0 Å². The molecule has 0 atom stereocenters. The highest BCUT2D eigenvalue weighted by Gasteiger charge is 2.22. The highest BCUT2D eigenvalue weighted by Crippen LogP contribution is 2.36. The lowest BCUT2D eigenvalue weighted by molar-refractivity contribution is 0.425. The summed E-state index contributed by atoms with van der Waals surface area (Å²) in [5.41, 5.74) is 5.24. The Kier molecular flexibility index (Phi) is 5.02. The summed E-state index contributed by atoms with van der Waals surface area (Å²) in [5.74, 6) is 0.642. The number of hydrogen-bond acceptors (Lipinski definition) is 1. The molecule has 4 rings (SSSR count). The molecule has 0 aliphatic heterocycles. The van der Waals surface area contributed by atoms with Gasteiger partial charge in [-0.05, 0) is 51.5 Å². The minimum Gasteiger partial charge on any atom is -0.329 e. The van der Waals surface area contributed by atoms with Gasteiger partial charge in [-0.15, -0.1) is 0 Å². The molecule has 0 amide bonds. The number of aromatic nitrogens is 2. The first-order valence-electron chi connectivity index (χ1n) is 9.16. The Balaban J connectivity index is 1.61. The van der Waals surface area contributed by atoms with Crippen LogP contribution < -0.4 is 0 Å². The zero-order valence-electron chi connectivity index (χ0n) is 14.4. The molecular weight excluding hydrogens is 372 g/mol. The molecule has 1 aliphatic carbocycles. The molecule has 0 unspecified atom stereocenters. The van der Waals surface area contributed by atoms with Crippen molar-refractivity contribution in [1.29, 1.82) is 0 Å². The molecule has 3 aromatic rings. The van der Waals surface area contributed by atoms with Crippen LogP contribution in [0.4, 0.5) is 0 Å². The molecular formula is C22H23BrN2. The Labute approximate surface area is 158 Å². The van der Waals surface area contributed by atoms with Crippen molar-refractivity contribution in [2.75, 3.05) is 0 Å². The third-order valence-corrected chi connectivity index (χ3v) is 5.82. The molecule has 0 spiro atoms. The number of hydrogen-bond donors (Lipinski definition) is 0. The first-order chi connectivity index (χ1) is 12.3. The van der Waals surface area contributed by atoms with Gasteiger partial charge in [-0.25, -0.2) is 4.98 Å². The molecule has 1 fully saturated rings. The number of nitrogens with zero attached hydrogens (tertiary/aromatic N) is 2. The lowest BCUT2D eigenvalue weighted by Gasteiger charge is -2.23. The van der Waals surface area contributed by atoms with Gasteiger partial charge in [-0.3, -0.25) is 0 Å². The van der Waals surface area contributed by atoms with Gasteiger partial charge < -0.3 is 4.57 Å². The molecule has 2 nitrogen and oxygen atoms in total. The molecule has 1 saturated carbocycles. The van der Waals surface area contributed by atoms with E-state index in [1.807, 2.05) is 6.33 Å². The van der Waals surface area contributed by atoms with Crippen molar-refractivity contribution in [2.45, 2.75) is 44.6 Å². The standard InChI is InChI=1S/C22H23BrN2/c23-22-21(19-11-5-2-6-12-19)25(16-24-22)15-17-8-7-13-20(14-17)18-9-3-1-4-10-18/h1,3-4,7-10,13-14,16,19H,2,5-6,11-12,15H2. The van der Waals surface area contributed by atoms with Gasteiger partial charge in [0.1, 0.15) is 4.60 Å². The maximum Gasteiger partial charge on any atom is 0.127 e. The molecule has 25 heavy (non-hydrogen) atoms. The molecule has 2 aromatic carbocycles. The van der Waals surface area contributed by atoms with Crippen molar-refractivity contribution in [1.82, 2.24) is 9.55 Å². The topological polar surface area (TPSA) is 17.8 Å². The summed E-state index contributed by atoms with van der Waals surface area (Å²) in [5, 5.41) is 0. The van der Waals surface area contributed by atoms with Crippen molar-refractivity contribution in [3.63, 3.8) is 0 Å². The second-order valence-electron chi connectivity index (χ2n) is 6.95. The van der Waals surface area contributed by atoms with Crippen LogP contribution in [0.1, 0.15) is 49.3 Å². The number of benzene rings is 2. The molecule has 1 aromatic heterocycles. The average molecular weight is 395 g/mol. The van der Waals surface area contributed by atoms with Gasteiger partial charge in [-0.1, -0.05) is 67.8 Å². The van der Waals surface area contributed by atoms with Gasteiger partial charge in [0.05, 0.1) is 12.0 Å². The Bertz CT molecular complexity index is 832. The molecule has 0 N–H and O–H groups in total. The summed E-state index contributed by atoms with van der Waals surface area (Å²) in [4.78, 5) is 4.55. The van der Waals surface area contributed by atoms with Crippen molar-refractivity contribution in [3.8, 4) is 11.1 Å². The van der Waals surface area contributed by atoms with Crippen LogP contribution >= 0.6 is 15.9 Å². The summed E-state index contributed by atoms with van der Waals surface area (Å²) in [6.45, 7) is 0.880. The fourth-order valence-corrected chi connectivity index (χ4v) is 4.59. The highest BCUT2D eigenvalue weighted by atomic mass is 79.9. The predicted molar refractivity (Wildman–Crippen MR) is 107 cm³/mol. The summed E-state index contributed by atoms with van der Waals surface area (Å²) in [6.07, 6.45) is 8.62. The monoisotopic (exact) mass is 394 g/mol. The summed E-state index contributed by atoms with van der Waals surface area (Å²) in [6, 6.07) is 19.4. The zero-order valence-corrected chi connectivity index (χ0v) is 16.0. The van der Waals surface area contributed by atoms with Crippen molar-refractivity contribution in [2.24, 2.45) is 0 Å². The lowest BCUT2D eigenvalue weighted by Crippen LogP contribution is -2.12. The van der Waals surface area contributed by atoms with Crippen LogP contribution in [0.25, 0.3) is 11.1 Å². The van der Waals surface area contributed by atoms with Gasteiger partial charge in [0, 0.05) is 12.5 Å². The van der Waals surface area contributed by atoms with E-state index in [4.69, 9.17) is 0 Å². The van der Waals surface area contributed by atoms with Crippen LogP contribution in [0.5, 0.6) is 0 Å². The number of imidazole rings is 1. The van der Waals surface area contributed by atoms with Gasteiger partial charge in [-0.2, -0.15) is 0 Å². The average Bonchev–Trinajstić information content (AvgIpc) is 3.03. The molecule has 0 bridgehead atoms. The van der Waals surface area contributed by atoms with E-state index in [9.17, 15) is 0 Å². The summed E-state index contributed by atoms with van der Waals surface area (Å²) < 4.78 is 3.36. The van der Waals surface area contributed by atoms with Crippen LogP contribution in [0.2, 0.25) is 0 Å². The van der Waals surface area contributed by atoms with E-state index in [0.29, 0.717) is 5.92 Å². The van der Waals surface area contributed by atoms with Crippen molar-refractivity contribution >= 4 is 15.9 Å². The van der Waals surface area contributed by atoms with E-state index in [1.165, 1.54) is 54.5 Å². The number of rotatable bonds is 4. The minimum absolute atomic E-state index is 0.642. The van der Waals surface area contributed by atoms with Crippen LogP contribution in [-0.2, 0) is 6.54 Å². The van der Waals surface area contributed by atoms with E-state index < -0.39 is 0 Å². The van der Waals surface area contributed by atoms with Crippen LogP contribution in [0.3, 0.4) is 0 Å². The van der Waals surface area contributed by atoms with Gasteiger partial charge in [0.2, 0.25) is 0 Å². The fourth-order valence-electron chi connectivity index (χ4n) is 3.95. The second kappa shape index (κ2) is 7.57. The normalized spacial score (nSPS) is 15.4. The van der Waals surface area contributed by atoms with E-state index in [-0.39, 0.29) is 0 Å². The smallest absolute Gasteiger partial charge is 0.127 e. The van der Waals surface area contributed by atoms with Gasteiger partial charge >= 0.3 is 0 Å². The quantitative estimate of drug-likeness (QED) is 0.499. The van der Waals surface area contributed by atoms with Crippen LogP contribution in [0, 0.1) is 0 Å². The minimum atomic E-state index is 0.642. The van der Waals surface area contributed by atoms with E-state index in [0.717, 1.165) is 11.1 Å². The molecule has 1 heterocycles. The van der Waals surface area contributed by atoms with E-state index in [1.54, 1.807) is 0 Å². The fraction of sp³-hybridized carbons (Fsp3) is 0.318. The van der Waals surface area contributed by atoms with Gasteiger partial charge in [0.25, 0.3) is 0 Å². The third-order valence-electron chi connectivity index (χ3n) is 5.21. The molecule has 0 radical (unpaired) electrons. The maximum atomic E-state index is 4.55. The highest BCUT2D eigenvalue weighted by molar-refractivity contribution is 9.10. The Morgan fingerprint density at radius 2 is 1.68 bits per heavy atom. The predicted octanol–water partition coefficient (Wildman–Crippen LogP) is 6.41. The maximum absolute atomic E-state index is 4.55. The summed E-state index contributed by atoms with van der Waals surface area (Å²) >= 11 is 3.69. The Morgan fingerprint density at radius 3 is 2.48 bits per heavy atom. The molecule has 128 valence electrons. The largest absolute Gasteiger partial charge is 0.329 e. The zero-order chi connectivity index (χ0) is 17.1. The van der Waals surface area contributed by atoms with Gasteiger partial charge in [0.15, 0.2) is 0 Å². The number of halogens is 1. The van der Waals surface area contributed by atoms with Crippen molar-refractivity contribution in [3.05, 3.63) is 76.8 Å². The first kappa shape index (κ1) is 16.6. The first-order valence-corrected chi connectivity index (χ1v) is 9.95. The van der Waals surface area contributed by atoms with Crippen LogP contribution in [-0.4, -0.2) is 9.55 Å². The Morgan fingerprint density at radius 1 is 0.920 bits per heavy atom. The SMILES string of the molecule is Brc1ncn(Cc2cccc(-c3ccccc3)c2)c1C1CCCCC1. The van der Waals surface area contributed by atoms with E-state index in [2.05, 4.69) is 80.1 Å². The molecule has 3 heteroatoms. The van der Waals surface area contributed by atoms with E-state index >= 15 is 0 Å². The molecule has 1 aliphatic rings. The third kappa shape index (κ3) is 3.72. The second-order valence-corrected chi connectivity index (χ2v) is 7.70. The summed E-state index contributed by atoms with van der Waals surface area (Å²) in [7, 11) is 0. The lowest BCUT2D eigenvalue weighted by atomic mass is 9.87. The molecule has 0 saturated heterocycles. The van der Waals surface area contributed by atoms with Crippen LogP contribution in [0.15, 0.2) is 65.5 Å².